The van der Waals surface area contributed by atoms with Crippen LogP contribution in [0.15, 0.2) is 18.2 Å². The summed E-state index contributed by atoms with van der Waals surface area (Å²) in [5.41, 5.74) is 2.21. The topological polar surface area (TPSA) is 59.1 Å². The van der Waals surface area contributed by atoms with Crippen LogP contribution in [0.2, 0.25) is 5.02 Å². The standard InChI is InChI=1S/C16H25ClN2O4S/c1-14-13-15(17)3-4-16(14)18-5-7-19(8-6-18)24(20,21)12-11-23-10-9-22-2/h3-4,13H,5-12H2,1-2H3. The molecule has 0 aromatic heterocycles. The van der Waals surface area contributed by atoms with Crippen LogP contribution in [0.25, 0.3) is 0 Å². The summed E-state index contributed by atoms with van der Waals surface area (Å²) in [7, 11) is -1.69. The third kappa shape index (κ3) is 5.32. The molecule has 1 saturated heterocycles. The van der Waals surface area contributed by atoms with Crippen LogP contribution in [-0.2, 0) is 19.5 Å². The van der Waals surface area contributed by atoms with Crippen molar-refractivity contribution in [1.82, 2.24) is 4.31 Å². The second-order valence-corrected chi connectivity index (χ2v) is 8.26. The normalized spacial score (nSPS) is 16.5. The van der Waals surface area contributed by atoms with Crippen LogP contribution in [-0.4, -0.2) is 71.6 Å². The van der Waals surface area contributed by atoms with Crippen molar-refractivity contribution in [3.8, 4) is 0 Å². The van der Waals surface area contributed by atoms with Crippen molar-refractivity contribution in [2.75, 3.05) is 63.8 Å². The van der Waals surface area contributed by atoms with Gasteiger partial charge in [0, 0.05) is 44.0 Å². The number of nitrogens with zero attached hydrogens (tertiary/aromatic N) is 2. The van der Waals surface area contributed by atoms with E-state index in [1.54, 1.807) is 11.4 Å². The highest BCUT2D eigenvalue weighted by Crippen LogP contribution is 2.25. The fourth-order valence-corrected chi connectivity index (χ4v) is 4.25. The molecule has 0 saturated carbocycles. The number of rotatable bonds is 8. The summed E-state index contributed by atoms with van der Waals surface area (Å²) in [6.45, 7) is 5.42. The lowest BCUT2D eigenvalue weighted by molar-refractivity contribution is 0.0781. The fraction of sp³-hybridized carbons (Fsp3) is 0.625. The second-order valence-electron chi connectivity index (χ2n) is 5.74. The predicted octanol–water partition coefficient (Wildman–Crippen LogP) is 1.76. The van der Waals surface area contributed by atoms with E-state index >= 15 is 0 Å². The molecule has 6 nitrogen and oxygen atoms in total. The van der Waals surface area contributed by atoms with Crippen LogP contribution in [0.5, 0.6) is 0 Å². The molecule has 0 N–H and O–H groups in total. The van der Waals surface area contributed by atoms with Gasteiger partial charge in [-0.3, -0.25) is 0 Å². The van der Waals surface area contributed by atoms with Gasteiger partial charge in [0.2, 0.25) is 10.0 Å². The summed E-state index contributed by atoms with van der Waals surface area (Å²) in [6.07, 6.45) is 0. The molecule has 136 valence electrons. The van der Waals surface area contributed by atoms with E-state index in [9.17, 15) is 8.42 Å². The highest BCUT2D eigenvalue weighted by atomic mass is 35.5. The maximum atomic E-state index is 12.4. The van der Waals surface area contributed by atoms with E-state index in [0.717, 1.165) is 11.3 Å². The molecule has 1 aliphatic heterocycles. The molecule has 0 aliphatic carbocycles. The number of sulfonamides is 1. The molecule has 0 bridgehead atoms. The Labute approximate surface area is 149 Å². The number of anilines is 1. The van der Waals surface area contributed by atoms with Crippen LogP contribution in [0.1, 0.15) is 5.56 Å². The smallest absolute Gasteiger partial charge is 0.216 e. The zero-order chi connectivity index (χ0) is 17.6. The van der Waals surface area contributed by atoms with Crippen molar-refractivity contribution in [3.05, 3.63) is 28.8 Å². The first kappa shape index (κ1) is 19.5. The SMILES string of the molecule is COCCOCCS(=O)(=O)N1CCN(c2ccc(Cl)cc2C)CC1. The average molecular weight is 377 g/mol. The Morgan fingerprint density at radius 2 is 1.83 bits per heavy atom. The number of piperazine rings is 1. The summed E-state index contributed by atoms with van der Waals surface area (Å²) in [5.74, 6) is 0.0106. The van der Waals surface area contributed by atoms with E-state index < -0.39 is 10.0 Å². The molecule has 0 spiro atoms. The Kier molecular flexibility index (Phi) is 7.31. The summed E-state index contributed by atoms with van der Waals surface area (Å²) in [6, 6.07) is 5.78. The number of halogens is 1. The molecule has 0 amide bonds. The number of ether oxygens (including phenoxy) is 2. The first-order chi connectivity index (χ1) is 11.4. The second kappa shape index (κ2) is 9.01. The van der Waals surface area contributed by atoms with Gasteiger partial charge < -0.3 is 14.4 Å². The lowest BCUT2D eigenvalue weighted by atomic mass is 10.1. The monoisotopic (exact) mass is 376 g/mol. The van der Waals surface area contributed by atoms with Crippen LogP contribution in [0.4, 0.5) is 5.69 Å². The van der Waals surface area contributed by atoms with Gasteiger partial charge in [-0.25, -0.2) is 8.42 Å². The van der Waals surface area contributed by atoms with Gasteiger partial charge >= 0.3 is 0 Å². The van der Waals surface area contributed by atoms with Gasteiger partial charge in [-0.15, -0.1) is 0 Å². The van der Waals surface area contributed by atoms with Gasteiger partial charge in [-0.1, -0.05) is 11.6 Å². The van der Waals surface area contributed by atoms with Crippen molar-refractivity contribution >= 4 is 27.3 Å². The molecule has 0 atom stereocenters. The number of aryl methyl sites for hydroxylation is 1. The van der Waals surface area contributed by atoms with Crippen molar-refractivity contribution in [3.63, 3.8) is 0 Å². The highest BCUT2D eigenvalue weighted by molar-refractivity contribution is 7.89. The molecule has 1 aliphatic rings. The van der Waals surface area contributed by atoms with E-state index in [2.05, 4.69) is 4.90 Å². The Morgan fingerprint density at radius 1 is 1.12 bits per heavy atom. The van der Waals surface area contributed by atoms with E-state index in [4.69, 9.17) is 21.1 Å². The quantitative estimate of drug-likeness (QED) is 0.647. The number of hydrogen-bond donors (Lipinski definition) is 0. The van der Waals surface area contributed by atoms with E-state index in [-0.39, 0.29) is 12.4 Å². The van der Waals surface area contributed by atoms with Crippen molar-refractivity contribution in [2.45, 2.75) is 6.92 Å². The average Bonchev–Trinajstić information content (AvgIpc) is 2.55. The van der Waals surface area contributed by atoms with Gasteiger partial charge in [-0.2, -0.15) is 4.31 Å². The minimum Gasteiger partial charge on any atom is -0.382 e. The maximum absolute atomic E-state index is 12.4. The lowest BCUT2D eigenvalue weighted by Gasteiger charge is -2.36. The third-order valence-corrected chi connectivity index (χ3v) is 6.12. The largest absolute Gasteiger partial charge is 0.382 e. The number of benzene rings is 1. The molecule has 2 rings (SSSR count). The molecule has 1 aromatic rings. The summed E-state index contributed by atoms with van der Waals surface area (Å²) >= 11 is 5.99. The first-order valence-electron chi connectivity index (χ1n) is 7.99. The van der Waals surface area contributed by atoms with Gasteiger partial charge in [0.25, 0.3) is 0 Å². The summed E-state index contributed by atoms with van der Waals surface area (Å²) < 4.78 is 36.4. The van der Waals surface area contributed by atoms with Gasteiger partial charge in [0.1, 0.15) is 0 Å². The number of hydrogen-bond acceptors (Lipinski definition) is 5. The van der Waals surface area contributed by atoms with Crippen LogP contribution in [0, 0.1) is 6.92 Å². The van der Waals surface area contributed by atoms with Crippen LogP contribution < -0.4 is 4.90 Å². The predicted molar refractivity (Wildman–Crippen MR) is 96.5 cm³/mol. The van der Waals surface area contributed by atoms with Gasteiger partial charge in [-0.05, 0) is 30.7 Å². The zero-order valence-electron chi connectivity index (χ0n) is 14.2. The Hall–Kier alpha value is -0.860. The first-order valence-corrected chi connectivity index (χ1v) is 9.98. The van der Waals surface area contributed by atoms with Gasteiger partial charge in [0.15, 0.2) is 0 Å². The summed E-state index contributed by atoms with van der Waals surface area (Å²) in [5, 5.41) is 0.714. The Balaban J connectivity index is 1.85. The molecule has 24 heavy (non-hydrogen) atoms. The van der Waals surface area contributed by atoms with Gasteiger partial charge in [0.05, 0.1) is 25.6 Å². The highest BCUT2D eigenvalue weighted by Gasteiger charge is 2.27. The molecule has 1 aromatic carbocycles. The third-order valence-electron chi connectivity index (χ3n) is 4.05. The molecular weight excluding hydrogens is 352 g/mol. The molecule has 1 fully saturated rings. The van der Waals surface area contributed by atoms with E-state index in [1.165, 1.54) is 0 Å². The van der Waals surface area contributed by atoms with Crippen molar-refractivity contribution in [1.29, 1.82) is 0 Å². The minimum absolute atomic E-state index is 0.0106. The molecule has 0 unspecified atom stereocenters. The van der Waals surface area contributed by atoms with Crippen molar-refractivity contribution < 1.29 is 17.9 Å². The molecular formula is C16H25ClN2O4S. The molecule has 8 heteroatoms. The molecule has 0 radical (unpaired) electrons. The zero-order valence-corrected chi connectivity index (χ0v) is 15.8. The minimum atomic E-state index is -3.27. The lowest BCUT2D eigenvalue weighted by Crippen LogP contribution is -2.49. The maximum Gasteiger partial charge on any atom is 0.216 e. The van der Waals surface area contributed by atoms with Crippen molar-refractivity contribution in [2.24, 2.45) is 0 Å². The van der Waals surface area contributed by atoms with E-state index in [1.807, 2.05) is 25.1 Å². The molecule has 1 heterocycles. The Bertz CT molecular complexity index is 631. The van der Waals surface area contributed by atoms with Crippen LogP contribution in [0.3, 0.4) is 0 Å². The van der Waals surface area contributed by atoms with Crippen LogP contribution >= 0.6 is 11.6 Å². The fourth-order valence-electron chi connectivity index (χ4n) is 2.72. The Morgan fingerprint density at radius 3 is 2.46 bits per heavy atom. The number of methoxy groups -OCH3 is 1. The summed E-state index contributed by atoms with van der Waals surface area (Å²) in [4.78, 5) is 2.20. The van der Waals surface area contributed by atoms with E-state index in [0.29, 0.717) is 44.4 Å².